The highest BCUT2D eigenvalue weighted by atomic mass is 16.5. The van der Waals surface area contributed by atoms with Gasteiger partial charge in [0, 0.05) is 52.6 Å². The Balaban J connectivity index is 1.83. The quantitative estimate of drug-likeness (QED) is 0.539. The van der Waals surface area contributed by atoms with E-state index >= 15 is 0 Å². The van der Waals surface area contributed by atoms with Gasteiger partial charge in [0.1, 0.15) is 0 Å². The molecule has 25 heavy (non-hydrogen) atoms. The van der Waals surface area contributed by atoms with E-state index in [0.717, 1.165) is 58.4 Å². The Kier molecular flexibility index (Phi) is 6.19. The van der Waals surface area contributed by atoms with Crippen LogP contribution >= 0.6 is 0 Å². The summed E-state index contributed by atoms with van der Waals surface area (Å²) in [6.07, 6.45) is 2.25. The van der Waals surface area contributed by atoms with E-state index in [1.807, 2.05) is 13.8 Å². The molecular formula is C18H30N6O. The lowest BCUT2D eigenvalue weighted by molar-refractivity contribution is 0.0827. The summed E-state index contributed by atoms with van der Waals surface area (Å²) in [5.74, 6) is 7.34. The summed E-state index contributed by atoms with van der Waals surface area (Å²) in [5.41, 5.74) is 1.18. The number of fused-ring (bicyclic) bond motifs is 1. The van der Waals surface area contributed by atoms with Crippen molar-refractivity contribution in [1.82, 2.24) is 24.9 Å². The minimum Gasteiger partial charge on any atom is -0.380 e. The minimum atomic E-state index is 0.0466. The third-order valence-electron chi connectivity index (χ3n) is 4.71. The van der Waals surface area contributed by atoms with Gasteiger partial charge in [-0.15, -0.1) is 5.92 Å². The third-order valence-corrected chi connectivity index (χ3v) is 4.71. The lowest BCUT2D eigenvalue weighted by Gasteiger charge is -2.38. The van der Waals surface area contributed by atoms with Crippen LogP contribution in [0.25, 0.3) is 0 Å². The molecule has 0 aliphatic carbocycles. The van der Waals surface area contributed by atoms with E-state index in [1.165, 1.54) is 5.70 Å². The molecule has 7 nitrogen and oxygen atoms in total. The molecule has 1 atom stereocenters. The number of hydrogen-bond donors (Lipinski definition) is 1. The Morgan fingerprint density at radius 1 is 1.36 bits per heavy atom. The van der Waals surface area contributed by atoms with Gasteiger partial charge in [-0.3, -0.25) is 4.90 Å². The van der Waals surface area contributed by atoms with Gasteiger partial charge in [-0.25, -0.2) is 4.99 Å². The van der Waals surface area contributed by atoms with Crippen molar-refractivity contribution in [2.24, 2.45) is 4.99 Å². The Labute approximate surface area is 151 Å². The molecule has 7 heteroatoms. The minimum absolute atomic E-state index is 0.0466. The van der Waals surface area contributed by atoms with Crippen LogP contribution in [0.5, 0.6) is 0 Å². The van der Waals surface area contributed by atoms with Gasteiger partial charge in [0.05, 0.1) is 25.5 Å². The van der Waals surface area contributed by atoms with Crippen molar-refractivity contribution < 1.29 is 4.74 Å². The van der Waals surface area contributed by atoms with Gasteiger partial charge in [0.2, 0.25) is 0 Å². The van der Waals surface area contributed by atoms with Crippen LogP contribution in [0, 0.1) is 11.8 Å². The van der Waals surface area contributed by atoms with Crippen LogP contribution in [0.4, 0.5) is 0 Å². The van der Waals surface area contributed by atoms with Gasteiger partial charge < -0.3 is 24.8 Å². The number of rotatable bonds is 6. The van der Waals surface area contributed by atoms with E-state index in [0.29, 0.717) is 6.54 Å². The molecule has 0 spiro atoms. The summed E-state index contributed by atoms with van der Waals surface area (Å²) in [6.45, 7) is 11.9. The van der Waals surface area contributed by atoms with Gasteiger partial charge >= 0.3 is 0 Å². The first-order valence-corrected chi connectivity index (χ1v) is 9.18. The van der Waals surface area contributed by atoms with Crippen LogP contribution in [-0.4, -0.2) is 97.9 Å². The normalized spacial score (nSPS) is 23.8. The molecule has 0 saturated carbocycles. The second-order valence-corrected chi connectivity index (χ2v) is 6.51. The number of aliphatic imine (C=N–C) groups is 1. The molecule has 3 heterocycles. The van der Waals surface area contributed by atoms with Crippen molar-refractivity contribution in [3.05, 3.63) is 11.9 Å². The molecule has 0 aromatic heterocycles. The van der Waals surface area contributed by atoms with Crippen LogP contribution in [0.15, 0.2) is 16.9 Å². The summed E-state index contributed by atoms with van der Waals surface area (Å²) in [5, 5.41) is 3.42. The fourth-order valence-electron chi connectivity index (χ4n) is 3.48. The van der Waals surface area contributed by atoms with Crippen molar-refractivity contribution in [3.8, 4) is 11.8 Å². The Morgan fingerprint density at radius 3 is 2.88 bits per heavy atom. The molecule has 0 amide bonds. The smallest absolute Gasteiger partial charge is 0.182 e. The second-order valence-electron chi connectivity index (χ2n) is 6.51. The molecule has 0 radical (unpaired) electrons. The lowest BCUT2D eigenvalue weighted by Crippen LogP contribution is -2.53. The van der Waals surface area contributed by atoms with Crippen LogP contribution in [0.2, 0.25) is 0 Å². The second kappa shape index (κ2) is 8.56. The zero-order chi connectivity index (χ0) is 17.6. The highest BCUT2D eigenvalue weighted by Crippen LogP contribution is 2.28. The number of ether oxygens (including phenoxy) is 1. The summed E-state index contributed by atoms with van der Waals surface area (Å²) >= 11 is 0. The predicted octanol–water partition coefficient (Wildman–Crippen LogP) is -0.00460. The maximum absolute atomic E-state index is 5.57. The highest BCUT2D eigenvalue weighted by Gasteiger charge is 2.39. The average Bonchev–Trinajstić information content (AvgIpc) is 2.99. The van der Waals surface area contributed by atoms with E-state index < -0.39 is 0 Å². The molecule has 0 aromatic carbocycles. The number of amidine groups is 1. The molecule has 138 valence electrons. The van der Waals surface area contributed by atoms with Crippen molar-refractivity contribution >= 4 is 5.84 Å². The highest BCUT2D eigenvalue weighted by molar-refractivity contribution is 6.00. The topological polar surface area (TPSA) is 46.6 Å². The van der Waals surface area contributed by atoms with Crippen molar-refractivity contribution in [1.29, 1.82) is 0 Å². The first-order chi connectivity index (χ1) is 12.2. The van der Waals surface area contributed by atoms with E-state index in [4.69, 9.17) is 9.73 Å². The number of piperazine rings is 1. The van der Waals surface area contributed by atoms with Crippen molar-refractivity contribution in [3.63, 3.8) is 0 Å². The Morgan fingerprint density at radius 2 is 2.16 bits per heavy atom. The first kappa shape index (κ1) is 18.1. The van der Waals surface area contributed by atoms with E-state index in [1.54, 1.807) is 0 Å². The molecule has 1 unspecified atom stereocenters. The van der Waals surface area contributed by atoms with Gasteiger partial charge in [-0.1, -0.05) is 5.92 Å². The molecule has 3 aliphatic heterocycles. The zero-order valence-electron chi connectivity index (χ0n) is 15.7. The summed E-state index contributed by atoms with van der Waals surface area (Å²) in [4.78, 5) is 14.4. The summed E-state index contributed by atoms with van der Waals surface area (Å²) in [7, 11) is 2.11. The standard InChI is InChI=1S/C18H30N6O/c1-4-6-9-24-16-14-21(3)15-23(12-13-25-5-2)17(16)20-18(24)22-10-7-19-8-11-22/h14,18-19H,5,7-13,15H2,1-3H3. The molecule has 1 N–H and O–H groups in total. The average molecular weight is 346 g/mol. The monoisotopic (exact) mass is 346 g/mol. The Hall–Kier alpha value is -1.75. The maximum Gasteiger partial charge on any atom is 0.182 e. The molecule has 3 aliphatic rings. The molecule has 0 aromatic rings. The van der Waals surface area contributed by atoms with E-state index in [9.17, 15) is 0 Å². The molecular weight excluding hydrogens is 316 g/mol. The maximum atomic E-state index is 5.57. The van der Waals surface area contributed by atoms with Gasteiger partial charge in [-0.05, 0) is 13.8 Å². The molecule has 1 fully saturated rings. The first-order valence-electron chi connectivity index (χ1n) is 9.18. The Bertz CT molecular complexity index is 572. The summed E-state index contributed by atoms with van der Waals surface area (Å²) in [6, 6.07) is 0. The van der Waals surface area contributed by atoms with Crippen molar-refractivity contribution in [2.75, 3.05) is 66.2 Å². The zero-order valence-corrected chi connectivity index (χ0v) is 15.7. The largest absolute Gasteiger partial charge is 0.380 e. The van der Waals surface area contributed by atoms with Gasteiger partial charge in [0.15, 0.2) is 12.1 Å². The van der Waals surface area contributed by atoms with Gasteiger partial charge in [-0.2, -0.15) is 0 Å². The van der Waals surface area contributed by atoms with Gasteiger partial charge in [0.25, 0.3) is 0 Å². The lowest BCUT2D eigenvalue weighted by atomic mass is 10.3. The number of nitrogens with one attached hydrogen (secondary N) is 1. The van der Waals surface area contributed by atoms with E-state index in [2.05, 4.69) is 50.0 Å². The molecule has 3 rings (SSSR count). The fourth-order valence-corrected chi connectivity index (χ4v) is 3.48. The van der Waals surface area contributed by atoms with Crippen LogP contribution < -0.4 is 5.32 Å². The molecule has 0 bridgehead atoms. The SMILES string of the molecule is CC#CCN1C2=CN(C)CN(CCOCC)C2=NC1N1CCNCC1. The van der Waals surface area contributed by atoms with Crippen LogP contribution in [-0.2, 0) is 4.74 Å². The number of nitrogens with zero attached hydrogens (tertiary/aromatic N) is 5. The van der Waals surface area contributed by atoms with Crippen molar-refractivity contribution in [2.45, 2.75) is 20.1 Å². The fraction of sp³-hybridized carbons (Fsp3) is 0.722. The van der Waals surface area contributed by atoms with Crippen LogP contribution in [0.1, 0.15) is 13.8 Å². The molecule has 1 saturated heterocycles. The summed E-state index contributed by atoms with van der Waals surface area (Å²) < 4.78 is 5.57. The van der Waals surface area contributed by atoms with Crippen LogP contribution in [0.3, 0.4) is 0 Å². The predicted molar refractivity (Wildman–Crippen MR) is 99.7 cm³/mol. The van der Waals surface area contributed by atoms with E-state index in [-0.39, 0.29) is 6.29 Å². The number of hydrogen-bond acceptors (Lipinski definition) is 7. The third kappa shape index (κ3) is 4.09.